The first-order valence-corrected chi connectivity index (χ1v) is 8.89. The Kier molecular flexibility index (Phi) is 7.20. The van der Waals surface area contributed by atoms with Crippen LogP contribution in [0, 0.1) is 0 Å². The van der Waals surface area contributed by atoms with Gasteiger partial charge in [0.2, 0.25) is 0 Å². The van der Waals surface area contributed by atoms with Gasteiger partial charge in [-0.25, -0.2) is 0 Å². The molecule has 0 aromatic rings. The van der Waals surface area contributed by atoms with Gasteiger partial charge in [-0.3, -0.25) is 0 Å². The van der Waals surface area contributed by atoms with Gasteiger partial charge in [0.25, 0.3) is 0 Å². The zero-order valence-corrected chi connectivity index (χ0v) is 14.7. The molecule has 0 rings (SSSR count). The molecule has 31 heavy (non-hydrogen) atoms. The third kappa shape index (κ3) is 4.41. The van der Waals surface area contributed by atoms with E-state index in [0.29, 0.717) is 0 Å². The first-order chi connectivity index (χ1) is 13.0. The van der Waals surface area contributed by atoms with Crippen LogP contribution in [-0.4, -0.2) is 70.8 Å². The molecule has 0 fully saturated rings. The molecule has 0 radical (unpaired) electrons. The predicted octanol–water partition coefficient (Wildman–Crippen LogP) is 4.30. The van der Waals surface area contributed by atoms with Crippen molar-refractivity contribution in [2.24, 2.45) is 0 Å². The van der Waals surface area contributed by atoms with Gasteiger partial charge >= 0.3 is 56.4 Å². The first-order valence-electron chi connectivity index (χ1n) is 6.84. The minimum absolute atomic E-state index is 2.34. The summed E-state index contributed by atoms with van der Waals surface area (Å²) in [5.74, 6) is -57.3. The van der Waals surface area contributed by atoms with E-state index in [9.17, 15) is 74.6 Å². The van der Waals surface area contributed by atoms with Crippen LogP contribution in [0.15, 0.2) is 0 Å². The van der Waals surface area contributed by atoms with Gasteiger partial charge in [-0.05, 0) is 0 Å². The summed E-state index contributed by atoms with van der Waals surface area (Å²) in [5.41, 5.74) is 0. The van der Waals surface area contributed by atoms with Gasteiger partial charge in [0.15, 0.2) is 0 Å². The fraction of sp³-hybridized carbons (Fsp3) is 1.00. The van der Waals surface area contributed by atoms with E-state index in [0.717, 1.165) is 0 Å². The smallest absolute Gasteiger partial charge is 0.390 e. The van der Waals surface area contributed by atoms with Gasteiger partial charge in [0.1, 0.15) is 0 Å². The first kappa shape index (κ1) is 29.9. The predicted molar refractivity (Wildman–Crippen MR) is 62.5 cm³/mol. The normalized spacial score (nSPS) is 16.6. The Balaban J connectivity index is 6.56. The summed E-state index contributed by atoms with van der Waals surface area (Å²) in [4.78, 5) is 25.0. The molecule has 0 unspecified atom stereocenters. The van der Waals surface area contributed by atoms with Crippen molar-refractivity contribution >= 4 is 8.80 Å². The maximum atomic E-state index is 13.3. The van der Waals surface area contributed by atoms with Gasteiger partial charge in [-0.1, -0.05) is 0 Å². The molecule has 0 amide bonds. The van der Waals surface area contributed by atoms with Crippen molar-refractivity contribution in [3.05, 3.63) is 0 Å². The van der Waals surface area contributed by atoms with Crippen molar-refractivity contribution in [3.8, 4) is 0 Å². The monoisotopic (exact) mass is 526 g/mol. The highest BCUT2D eigenvalue weighted by molar-refractivity contribution is 6.56. The minimum atomic E-state index is -8.72. The van der Waals surface area contributed by atoms with Crippen molar-refractivity contribution in [1.29, 1.82) is 0 Å². The molecule has 0 spiro atoms. The van der Waals surface area contributed by atoms with E-state index in [1.165, 1.54) is 0 Å². The highest BCUT2D eigenvalue weighted by Crippen LogP contribution is 2.64. The quantitative estimate of drug-likeness (QED) is 0.310. The van der Waals surface area contributed by atoms with Gasteiger partial charge in [-0.2, -0.15) is 74.6 Å². The lowest BCUT2D eigenvalue weighted by atomic mass is 9.88. The molecule has 3 nitrogen and oxygen atoms in total. The fourth-order valence-corrected chi connectivity index (χ4v) is 2.33. The van der Waals surface area contributed by atoms with Crippen molar-refractivity contribution < 1.29 is 89.0 Å². The van der Waals surface area contributed by atoms with Gasteiger partial charge in [0.05, 0.1) is 0 Å². The van der Waals surface area contributed by atoms with Crippen LogP contribution in [0.4, 0.5) is 74.6 Å². The lowest BCUT2D eigenvalue weighted by Crippen LogP contribution is -2.74. The van der Waals surface area contributed by atoms with Crippen LogP contribution in [0.3, 0.4) is 0 Å². The molecule has 0 heterocycles. The molecule has 0 aliphatic carbocycles. The third-order valence-corrected chi connectivity index (χ3v) is 4.48. The van der Waals surface area contributed by atoms with Crippen LogP contribution in [0.5, 0.6) is 0 Å². The van der Waals surface area contributed by atoms with Crippen molar-refractivity contribution in [2.75, 3.05) is 0 Å². The minimum Gasteiger partial charge on any atom is -0.390 e. The van der Waals surface area contributed by atoms with Gasteiger partial charge < -0.3 is 14.4 Å². The summed E-state index contributed by atoms with van der Waals surface area (Å²) in [5, 5.41) is 0. The molecule has 3 N–H and O–H groups in total. The number of rotatable bonds is 9. The van der Waals surface area contributed by atoms with Crippen molar-refractivity contribution in [1.82, 2.24) is 0 Å². The van der Waals surface area contributed by atoms with Gasteiger partial charge in [-0.15, -0.1) is 0 Å². The van der Waals surface area contributed by atoms with Crippen molar-refractivity contribution in [2.45, 2.75) is 60.1 Å². The van der Waals surface area contributed by atoms with Crippen molar-refractivity contribution in [3.63, 3.8) is 0 Å². The largest absolute Gasteiger partial charge is 0.492 e. The summed E-state index contributed by atoms with van der Waals surface area (Å²) in [7, 11) is -5.80. The Morgan fingerprint density at radius 2 is 0.677 bits per heavy atom. The molecule has 0 saturated carbocycles. The summed E-state index contributed by atoms with van der Waals surface area (Å²) < 4.78 is 219. The SMILES string of the molecule is O[Si](O)(O)CCC(F)(F)C(F)(F)C(F)(F)C(F)(F)C(F)(F)C(F)(F)C(F)(F)C(F)(F)F. The molecule has 0 atom stereocenters. The molecule has 188 valence electrons. The summed E-state index contributed by atoms with van der Waals surface area (Å²) in [6, 6.07) is -2.34. The number of halogens is 17. The van der Waals surface area contributed by atoms with Crippen LogP contribution in [-0.2, 0) is 0 Å². The lowest BCUT2D eigenvalue weighted by molar-refractivity contribution is -0.461. The second kappa shape index (κ2) is 7.47. The molecule has 0 aliphatic heterocycles. The molecular weight excluding hydrogens is 519 g/mol. The summed E-state index contributed by atoms with van der Waals surface area (Å²) in [6.07, 6.45) is -10.9. The second-order valence-electron chi connectivity index (χ2n) is 5.92. The van der Waals surface area contributed by atoms with E-state index >= 15 is 0 Å². The number of alkyl halides is 17. The Morgan fingerprint density at radius 3 is 0.935 bits per heavy atom. The molecule has 0 aliphatic rings. The molecule has 0 aromatic heterocycles. The zero-order chi connectivity index (χ0) is 25.9. The van der Waals surface area contributed by atoms with Crippen LogP contribution >= 0.6 is 0 Å². The molecular formula is C10H7F17O3Si. The van der Waals surface area contributed by atoms with E-state index in [1.807, 2.05) is 0 Å². The highest BCUT2D eigenvalue weighted by Gasteiger charge is 2.95. The standard InChI is InChI=1S/C10H7F17O3Si/c11-3(12,1-2-31(28,29)30)4(13,14)5(15,16)6(17,18)7(19,20)8(21,22)9(23,24)10(25,26)27/h28-30H,1-2H2. The Labute approximate surface area is 159 Å². The molecule has 0 bridgehead atoms. The molecule has 21 heteroatoms. The second-order valence-corrected chi connectivity index (χ2v) is 7.97. The number of hydrogen-bond donors (Lipinski definition) is 3. The maximum absolute atomic E-state index is 13.3. The van der Waals surface area contributed by atoms with Gasteiger partial charge in [0, 0.05) is 12.5 Å². The van der Waals surface area contributed by atoms with E-state index in [2.05, 4.69) is 0 Å². The Bertz CT molecular complexity index is 650. The van der Waals surface area contributed by atoms with Crippen LogP contribution < -0.4 is 0 Å². The number of hydrogen-bond acceptors (Lipinski definition) is 3. The average molecular weight is 526 g/mol. The summed E-state index contributed by atoms with van der Waals surface area (Å²) in [6.45, 7) is 0. The highest BCUT2D eigenvalue weighted by atomic mass is 28.4. The summed E-state index contributed by atoms with van der Waals surface area (Å²) >= 11 is 0. The topological polar surface area (TPSA) is 60.7 Å². The van der Waals surface area contributed by atoms with Crippen LogP contribution in [0.1, 0.15) is 6.42 Å². The molecule has 0 saturated heterocycles. The fourth-order valence-electron chi connectivity index (χ4n) is 1.68. The van der Waals surface area contributed by atoms with E-state index in [-0.39, 0.29) is 0 Å². The van der Waals surface area contributed by atoms with E-state index in [1.54, 1.807) is 0 Å². The average Bonchev–Trinajstić information content (AvgIpc) is 2.50. The maximum Gasteiger partial charge on any atom is 0.492 e. The Morgan fingerprint density at radius 1 is 0.419 bits per heavy atom. The van der Waals surface area contributed by atoms with Crippen LogP contribution in [0.2, 0.25) is 6.04 Å². The Hall–Kier alpha value is -1.09. The zero-order valence-electron chi connectivity index (χ0n) is 13.7. The van der Waals surface area contributed by atoms with E-state index < -0.39 is 68.9 Å². The van der Waals surface area contributed by atoms with Crippen LogP contribution in [0.25, 0.3) is 0 Å². The van der Waals surface area contributed by atoms with E-state index in [4.69, 9.17) is 14.4 Å². The lowest BCUT2D eigenvalue weighted by Gasteiger charge is -2.42. The molecule has 0 aromatic carbocycles. The third-order valence-electron chi connectivity index (χ3n) is 3.56.